The zero-order valence-corrected chi connectivity index (χ0v) is 13.7. The second-order valence-corrected chi connectivity index (χ2v) is 5.87. The van der Waals surface area contributed by atoms with E-state index in [0.717, 1.165) is 15.9 Å². The number of aromatic nitrogens is 2. The molecule has 0 unspecified atom stereocenters. The molecular weight excluding hydrogens is 332 g/mol. The van der Waals surface area contributed by atoms with Gasteiger partial charge in [-0.3, -0.25) is 24.3 Å². The van der Waals surface area contributed by atoms with Crippen molar-refractivity contribution in [1.82, 2.24) is 20.2 Å². The van der Waals surface area contributed by atoms with Crippen LogP contribution >= 0.6 is 0 Å². The Morgan fingerprint density at radius 1 is 0.923 bits per heavy atom. The van der Waals surface area contributed by atoms with Gasteiger partial charge in [0.15, 0.2) is 0 Å². The highest BCUT2D eigenvalue weighted by Crippen LogP contribution is 2.21. The average molecular weight is 346 g/mol. The van der Waals surface area contributed by atoms with Gasteiger partial charge in [0.05, 0.1) is 40.6 Å². The number of imide groups is 1. The Labute approximate surface area is 148 Å². The number of carbonyl (C=O) groups is 3. The lowest BCUT2D eigenvalue weighted by molar-refractivity contribution is -0.121. The summed E-state index contributed by atoms with van der Waals surface area (Å²) in [5.41, 5.74) is 2.75. The molecular formula is C19H14N4O3. The maximum absolute atomic E-state index is 12.3. The number of amides is 3. The van der Waals surface area contributed by atoms with Gasteiger partial charge in [-0.25, -0.2) is 4.98 Å². The Morgan fingerprint density at radius 3 is 2.23 bits per heavy atom. The van der Waals surface area contributed by atoms with Crippen molar-refractivity contribution in [3.05, 3.63) is 71.5 Å². The van der Waals surface area contributed by atoms with Crippen molar-refractivity contribution in [2.45, 2.75) is 6.54 Å². The Bertz CT molecular complexity index is 1010. The highest BCUT2D eigenvalue weighted by Gasteiger charge is 2.36. The topological polar surface area (TPSA) is 92.3 Å². The summed E-state index contributed by atoms with van der Waals surface area (Å²) in [6, 6.07) is 14.0. The van der Waals surface area contributed by atoms with E-state index in [-0.39, 0.29) is 13.1 Å². The first-order valence-corrected chi connectivity index (χ1v) is 8.06. The van der Waals surface area contributed by atoms with Crippen molar-refractivity contribution in [3.8, 4) is 0 Å². The van der Waals surface area contributed by atoms with Crippen molar-refractivity contribution in [1.29, 1.82) is 0 Å². The molecule has 0 atom stereocenters. The Kier molecular flexibility index (Phi) is 3.89. The maximum atomic E-state index is 12.3. The van der Waals surface area contributed by atoms with Gasteiger partial charge in [-0.2, -0.15) is 0 Å². The normalized spacial score (nSPS) is 13.2. The minimum Gasteiger partial charge on any atom is -0.349 e. The molecule has 0 radical (unpaired) electrons. The summed E-state index contributed by atoms with van der Waals surface area (Å²) in [6.07, 6.45) is 1.59. The molecule has 26 heavy (non-hydrogen) atoms. The number of fused-ring (bicyclic) bond motifs is 2. The number of nitrogens with zero attached hydrogens (tertiary/aromatic N) is 3. The Hall–Kier alpha value is -3.61. The van der Waals surface area contributed by atoms with Gasteiger partial charge in [0, 0.05) is 0 Å². The van der Waals surface area contributed by atoms with E-state index in [1.807, 2.05) is 24.3 Å². The molecule has 0 fully saturated rings. The number of rotatable bonds is 4. The maximum Gasteiger partial charge on any atom is 0.262 e. The minimum atomic E-state index is -0.453. The van der Waals surface area contributed by atoms with Crippen LogP contribution in [0.1, 0.15) is 26.4 Å². The molecule has 4 rings (SSSR count). The first-order valence-electron chi connectivity index (χ1n) is 8.06. The SMILES string of the molecule is O=C(CN1C(=O)c2ccccc2C1=O)NCc1cnc2ccccc2n1. The van der Waals surface area contributed by atoms with Gasteiger partial charge < -0.3 is 5.32 Å². The van der Waals surface area contributed by atoms with Crippen molar-refractivity contribution in [3.63, 3.8) is 0 Å². The third kappa shape index (κ3) is 2.79. The second kappa shape index (κ2) is 6.36. The molecule has 0 spiro atoms. The van der Waals surface area contributed by atoms with Crippen molar-refractivity contribution < 1.29 is 14.4 Å². The fraction of sp³-hybridized carbons (Fsp3) is 0.105. The highest BCUT2D eigenvalue weighted by molar-refractivity contribution is 6.22. The van der Waals surface area contributed by atoms with Gasteiger partial charge in [-0.1, -0.05) is 24.3 Å². The molecule has 0 saturated heterocycles. The van der Waals surface area contributed by atoms with Gasteiger partial charge in [0.1, 0.15) is 6.54 Å². The standard InChI is InChI=1S/C19H14N4O3/c24-17(11-23-18(25)13-5-1-2-6-14(13)19(23)26)21-10-12-9-20-15-7-3-4-8-16(15)22-12/h1-9H,10-11H2,(H,21,24). The van der Waals surface area contributed by atoms with E-state index < -0.39 is 17.7 Å². The van der Waals surface area contributed by atoms with Crippen molar-refractivity contribution >= 4 is 28.8 Å². The molecule has 1 aliphatic heterocycles. The van der Waals surface area contributed by atoms with E-state index in [9.17, 15) is 14.4 Å². The van der Waals surface area contributed by atoms with Crippen LogP contribution in [0.2, 0.25) is 0 Å². The first-order chi connectivity index (χ1) is 12.6. The van der Waals surface area contributed by atoms with E-state index in [1.54, 1.807) is 30.5 Å². The quantitative estimate of drug-likeness (QED) is 0.724. The van der Waals surface area contributed by atoms with Crippen LogP contribution < -0.4 is 5.32 Å². The molecule has 7 nitrogen and oxygen atoms in total. The molecule has 0 aliphatic carbocycles. The number of carbonyl (C=O) groups excluding carboxylic acids is 3. The molecule has 3 aromatic rings. The van der Waals surface area contributed by atoms with Crippen LogP contribution in [0, 0.1) is 0 Å². The smallest absolute Gasteiger partial charge is 0.262 e. The van der Waals surface area contributed by atoms with E-state index in [2.05, 4.69) is 15.3 Å². The largest absolute Gasteiger partial charge is 0.349 e. The fourth-order valence-electron chi connectivity index (χ4n) is 2.85. The van der Waals surface area contributed by atoms with Crippen LogP contribution in [0.3, 0.4) is 0 Å². The van der Waals surface area contributed by atoms with Gasteiger partial charge in [-0.05, 0) is 24.3 Å². The molecule has 1 aliphatic rings. The molecule has 2 heterocycles. The van der Waals surface area contributed by atoms with Crippen LogP contribution in [-0.4, -0.2) is 39.1 Å². The zero-order chi connectivity index (χ0) is 18.1. The van der Waals surface area contributed by atoms with Crippen LogP contribution in [-0.2, 0) is 11.3 Å². The minimum absolute atomic E-state index is 0.167. The zero-order valence-electron chi connectivity index (χ0n) is 13.7. The molecule has 0 saturated carbocycles. The van der Waals surface area contributed by atoms with Crippen LogP contribution in [0.25, 0.3) is 11.0 Å². The van der Waals surface area contributed by atoms with Crippen molar-refractivity contribution in [2.75, 3.05) is 6.54 Å². The molecule has 2 aromatic carbocycles. The Morgan fingerprint density at radius 2 is 1.54 bits per heavy atom. The number of hydrogen-bond donors (Lipinski definition) is 1. The predicted octanol–water partition coefficient (Wildman–Crippen LogP) is 1.54. The predicted molar refractivity (Wildman–Crippen MR) is 93.2 cm³/mol. The van der Waals surface area contributed by atoms with Crippen molar-refractivity contribution in [2.24, 2.45) is 0 Å². The molecule has 1 aromatic heterocycles. The summed E-state index contributed by atoms with van der Waals surface area (Å²) in [4.78, 5) is 46.4. The molecule has 0 bridgehead atoms. The van der Waals surface area contributed by atoms with Gasteiger partial charge in [-0.15, -0.1) is 0 Å². The third-order valence-electron chi connectivity index (χ3n) is 4.15. The lowest BCUT2D eigenvalue weighted by atomic mass is 10.1. The van der Waals surface area contributed by atoms with Crippen LogP contribution in [0.4, 0.5) is 0 Å². The summed E-state index contributed by atoms with van der Waals surface area (Å²) in [5, 5.41) is 2.67. The van der Waals surface area contributed by atoms with Crippen LogP contribution in [0.15, 0.2) is 54.7 Å². The summed E-state index contributed by atoms with van der Waals surface area (Å²) in [6.45, 7) is -0.160. The summed E-state index contributed by atoms with van der Waals surface area (Å²) in [5.74, 6) is -1.34. The molecule has 7 heteroatoms. The monoisotopic (exact) mass is 346 g/mol. The van der Waals surface area contributed by atoms with E-state index in [4.69, 9.17) is 0 Å². The average Bonchev–Trinajstić information content (AvgIpc) is 2.91. The number of benzene rings is 2. The highest BCUT2D eigenvalue weighted by atomic mass is 16.2. The molecule has 128 valence electrons. The van der Waals surface area contributed by atoms with E-state index >= 15 is 0 Å². The van der Waals surface area contributed by atoms with Crippen LogP contribution in [0.5, 0.6) is 0 Å². The molecule has 3 amide bonds. The first kappa shape index (κ1) is 15.9. The summed E-state index contributed by atoms with van der Waals surface area (Å²) >= 11 is 0. The number of para-hydroxylation sites is 2. The van der Waals surface area contributed by atoms with Gasteiger partial charge >= 0.3 is 0 Å². The lowest BCUT2D eigenvalue weighted by Gasteiger charge is -2.13. The van der Waals surface area contributed by atoms with Gasteiger partial charge in [0.2, 0.25) is 5.91 Å². The number of hydrogen-bond acceptors (Lipinski definition) is 5. The summed E-state index contributed by atoms with van der Waals surface area (Å²) < 4.78 is 0. The van der Waals surface area contributed by atoms with E-state index in [0.29, 0.717) is 16.8 Å². The summed E-state index contributed by atoms with van der Waals surface area (Å²) in [7, 11) is 0. The van der Waals surface area contributed by atoms with E-state index in [1.165, 1.54) is 0 Å². The van der Waals surface area contributed by atoms with Gasteiger partial charge in [0.25, 0.3) is 11.8 Å². The lowest BCUT2D eigenvalue weighted by Crippen LogP contribution is -2.40. The Balaban J connectivity index is 1.41. The fourth-order valence-corrected chi connectivity index (χ4v) is 2.85. The third-order valence-corrected chi connectivity index (χ3v) is 4.15. The molecule has 1 N–H and O–H groups in total. The second-order valence-electron chi connectivity index (χ2n) is 5.87. The number of nitrogens with one attached hydrogen (secondary N) is 1.